The van der Waals surface area contributed by atoms with Crippen LogP contribution in [-0.4, -0.2) is 27.4 Å². The van der Waals surface area contributed by atoms with E-state index < -0.39 is 0 Å². The Morgan fingerprint density at radius 3 is 2.50 bits per heavy atom. The molecule has 3 rings (SSSR count). The second-order valence-corrected chi connectivity index (χ2v) is 5.78. The minimum Gasteiger partial charge on any atom is -0.352 e. The van der Waals surface area contributed by atoms with Gasteiger partial charge in [-0.1, -0.05) is 35.9 Å². The van der Waals surface area contributed by atoms with Crippen LogP contribution in [0.5, 0.6) is 0 Å². The number of hydrogen-bond acceptors (Lipinski definition) is 3. The van der Waals surface area contributed by atoms with E-state index in [0.29, 0.717) is 17.1 Å². The van der Waals surface area contributed by atoms with E-state index in [2.05, 4.69) is 15.6 Å². The predicted molar refractivity (Wildman–Crippen MR) is 94.4 cm³/mol. The zero-order valence-electron chi connectivity index (χ0n) is 13.2. The summed E-state index contributed by atoms with van der Waals surface area (Å²) in [6.45, 7) is 2.69. The number of aromatic nitrogens is 3. The molecular weight excluding hydrogens is 324 g/mol. The van der Waals surface area contributed by atoms with Gasteiger partial charge in [0.05, 0.1) is 17.6 Å². The highest BCUT2D eigenvalue weighted by Crippen LogP contribution is 2.23. The molecule has 1 N–H and O–H groups in total. The summed E-state index contributed by atoms with van der Waals surface area (Å²) in [5.74, 6) is -0.0695. The Hall–Kier alpha value is -2.66. The highest BCUT2D eigenvalue weighted by Gasteiger charge is 2.10. The molecule has 6 heteroatoms. The van der Waals surface area contributed by atoms with Crippen LogP contribution in [0.3, 0.4) is 0 Å². The standard InChI is InChI=1S/C18H17ClN4O/c1-2-11-20-18(24)14-5-9-16(10-6-14)23-17(12-21-22-23)13-3-7-15(19)8-4-13/h3-10,12H,2,11H2,1H3,(H,20,24). The van der Waals surface area contributed by atoms with Crippen molar-refractivity contribution in [2.75, 3.05) is 6.54 Å². The van der Waals surface area contributed by atoms with Gasteiger partial charge in [0.15, 0.2) is 0 Å². The van der Waals surface area contributed by atoms with Crippen LogP contribution in [0.25, 0.3) is 16.9 Å². The van der Waals surface area contributed by atoms with Crippen LogP contribution in [0.1, 0.15) is 23.7 Å². The molecule has 1 heterocycles. The number of nitrogens with zero attached hydrogens (tertiary/aromatic N) is 3. The Kier molecular flexibility index (Phi) is 4.91. The van der Waals surface area contributed by atoms with Crippen molar-refractivity contribution in [3.63, 3.8) is 0 Å². The highest BCUT2D eigenvalue weighted by atomic mass is 35.5. The van der Waals surface area contributed by atoms with Gasteiger partial charge in [-0.25, -0.2) is 4.68 Å². The Morgan fingerprint density at radius 1 is 1.12 bits per heavy atom. The zero-order valence-corrected chi connectivity index (χ0v) is 14.0. The van der Waals surface area contributed by atoms with Crippen molar-refractivity contribution in [3.8, 4) is 16.9 Å². The van der Waals surface area contributed by atoms with Crippen molar-refractivity contribution >= 4 is 17.5 Å². The summed E-state index contributed by atoms with van der Waals surface area (Å²) in [4.78, 5) is 12.0. The van der Waals surface area contributed by atoms with Gasteiger partial charge in [-0.2, -0.15) is 0 Å². The topological polar surface area (TPSA) is 59.8 Å². The first-order chi connectivity index (χ1) is 11.7. The van der Waals surface area contributed by atoms with E-state index in [1.54, 1.807) is 23.0 Å². The molecule has 0 aliphatic heterocycles. The molecule has 0 atom stereocenters. The van der Waals surface area contributed by atoms with Gasteiger partial charge in [-0.05, 0) is 42.8 Å². The van der Waals surface area contributed by atoms with Crippen LogP contribution in [-0.2, 0) is 0 Å². The van der Waals surface area contributed by atoms with E-state index in [-0.39, 0.29) is 5.91 Å². The van der Waals surface area contributed by atoms with Gasteiger partial charge >= 0.3 is 0 Å². The minimum absolute atomic E-state index is 0.0695. The number of halogens is 1. The van der Waals surface area contributed by atoms with E-state index in [4.69, 9.17) is 11.6 Å². The Balaban J connectivity index is 1.87. The van der Waals surface area contributed by atoms with E-state index >= 15 is 0 Å². The van der Waals surface area contributed by atoms with Crippen molar-refractivity contribution in [1.82, 2.24) is 20.3 Å². The fourth-order valence-corrected chi connectivity index (χ4v) is 2.46. The number of hydrogen-bond donors (Lipinski definition) is 1. The summed E-state index contributed by atoms with van der Waals surface area (Å²) in [6.07, 6.45) is 2.61. The molecule has 5 nitrogen and oxygen atoms in total. The van der Waals surface area contributed by atoms with E-state index in [9.17, 15) is 4.79 Å². The van der Waals surface area contributed by atoms with Gasteiger partial charge in [-0.3, -0.25) is 4.79 Å². The molecule has 3 aromatic rings. The summed E-state index contributed by atoms with van der Waals surface area (Å²) in [7, 11) is 0. The van der Waals surface area contributed by atoms with Gasteiger partial charge in [-0.15, -0.1) is 5.10 Å². The van der Waals surface area contributed by atoms with E-state index in [0.717, 1.165) is 23.4 Å². The molecule has 0 saturated carbocycles. The summed E-state index contributed by atoms with van der Waals surface area (Å²) in [5, 5.41) is 11.7. The maximum absolute atomic E-state index is 12.0. The molecular formula is C18H17ClN4O. The largest absolute Gasteiger partial charge is 0.352 e. The lowest BCUT2D eigenvalue weighted by molar-refractivity contribution is 0.0953. The van der Waals surface area contributed by atoms with Crippen molar-refractivity contribution in [2.45, 2.75) is 13.3 Å². The fourth-order valence-electron chi connectivity index (χ4n) is 2.34. The second kappa shape index (κ2) is 7.27. The molecule has 0 aliphatic rings. The van der Waals surface area contributed by atoms with Crippen LogP contribution in [0.15, 0.2) is 54.7 Å². The van der Waals surface area contributed by atoms with Gasteiger partial charge in [0.2, 0.25) is 0 Å². The van der Waals surface area contributed by atoms with Gasteiger partial charge in [0.25, 0.3) is 5.91 Å². The third-order valence-corrected chi connectivity index (χ3v) is 3.85. The molecule has 0 bridgehead atoms. The monoisotopic (exact) mass is 340 g/mol. The molecule has 24 heavy (non-hydrogen) atoms. The second-order valence-electron chi connectivity index (χ2n) is 5.34. The van der Waals surface area contributed by atoms with Crippen LogP contribution in [0.4, 0.5) is 0 Å². The third kappa shape index (κ3) is 3.46. The molecule has 1 aromatic heterocycles. The summed E-state index contributed by atoms with van der Waals surface area (Å²) < 4.78 is 1.73. The smallest absolute Gasteiger partial charge is 0.251 e. The third-order valence-electron chi connectivity index (χ3n) is 3.60. The van der Waals surface area contributed by atoms with Crippen LogP contribution >= 0.6 is 11.6 Å². The predicted octanol–water partition coefficient (Wildman–Crippen LogP) is 3.73. The lowest BCUT2D eigenvalue weighted by atomic mass is 10.1. The minimum atomic E-state index is -0.0695. The van der Waals surface area contributed by atoms with Crippen molar-refractivity contribution < 1.29 is 4.79 Å². The maximum Gasteiger partial charge on any atom is 0.251 e. The summed E-state index contributed by atoms with van der Waals surface area (Å²) >= 11 is 5.94. The fraction of sp³-hybridized carbons (Fsp3) is 0.167. The quantitative estimate of drug-likeness (QED) is 0.770. The summed E-state index contributed by atoms with van der Waals surface area (Å²) in [6, 6.07) is 14.8. The number of benzene rings is 2. The van der Waals surface area contributed by atoms with Gasteiger partial charge in [0.1, 0.15) is 0 Å². The average molecular weight is 341 g/mol. The zero-order chi connectivity index (χ0) is 16.9. The molecule has 0 spiro atoms. The van der Waals surface area contributed by atoms with E-state index in [1.165, 1.54) is 0 Å². The Bertz CT molecular complexity index is 825. The number of carbonyl (C=O) groups excluding carboxylic acids is 1. The summed E-state index contributed by atoms with van der Waals surface area (Å²) in [5.41, 5.74) is 3.29. The first kappa shape index (κ1) is 16.2. The lowest BCUT2D eigenvalue weighted by Crippen LogP contribution is -2.23. The number of nitrogens with one attached hydrogen (secondary N) is 1. The SMILES string of the molecule is CCCNC(=O)c1ccc(-n2nncc2-c2ccc(Cl)cc2)cc1. The number of amides is 1. The maximum atomic E-state index is 12.0. The van der Waals surface area contributed by atoms with Crippen molar-refractivity contribution in [2.24, 2.45) is 0 Å². The van der Waals surface area contributed by atoms with Crippen LogP contribution in [0, 0.1) is 0 Å². The van der Waals surface area contributed by atoms with E-state index in [1.807, 2.05) is 43.3 Å². The Morgan fingerprint density at radius 2 is 1.83 bits per heavy atom. The molecule has 2 aromatic carbocycles. The normalized spacial score (nSPS) is 10.6. The molecule has 0 aliphatic carbocycles. The number of rotatable bonds is 5. The molecule has 122 valence electrons. The Labute approximate surface area is 145 Å². The highest BCUT2D eigenvalue weighted by molar-refractivity contribution is 6.30. The van der Waals surface area contributed by atoms with Crippen LogP contribution in [0.2, 0.25) is 5.02 Å². The van der Waals surface area contributed by atoms with Gasteiger partial charge in [0, 0.05) is 22.7 Å². The first-order valence-electron chi connectivity index (χ1n) is 7.74. The van der Waals surface area contributed by atoms with Crippen molar-refractivity contribution in [1.29, 1.82) is 0 Å². The van der Waals surface area contributed by atoms with Crippen LogP contribution < -0.4 is 5.32 Å². The average Bonchev–Trinajstić information content (AvgIpc) is 3.10. The van der Waals surface area contributed by atoms with Gasteiger partial charge < -0.3 is 5.32 Å². The lowest BCUT2D eigenvalue weighted by Gasteiger charge is -2.08. The molecule has 0 unspecified atom stereocenters. The molecule has 1 amide bonds. The molecule has 0 radical (unpaired) electrons. The number of carbonyl (C=O) groups is 1. The first-order valence-corrected chi connectivity index (χ1v) is 8.12. The molecule has 0 saturated heterocycles. The van der Waals surface area contributed by atoms with Crippen molar-refractivity contribution in [3.05, 3.63) is 65.3 Å². The molecule has 0 fully saturated rings.